The maximum atomic E-state index is 12.0. The molecule has 3 aromatic rings. The number of aryl methyl sites for hydroxylation is 3. The van der Waals surface area contributed by atoms with Crippen LogP contribution in [-0.2, 0) is 19.3 Å². The topological polar surface area (TPSA) is 75.0 Å². The van der Waals surface area contributed by atoms with Crippen molar-refractivity contribution >= 4 is 5.95 Å². The summed E-state index contributed by atoms with van der Waals surface area (Å²) in [6, 6.07) is 11.8. The number of nitrogens with zero attached hydrogens (tertiary/aromatic N) is 3. The second-order valence-corrected chi connectivity index (χ2v) is 6.52. The van der Waals surface area contributed by atoms with Crippen molar-refractivity contribution in [3.8, 4) is 0 Å². The minimum absolute atomic E-state index is 0.129. The lowest BCUT2D eigenvalue weighted by atomic mass is 10.1. The first-order valence-corrected chi connectivity index (χ1v) is 8.80. The van der Waals surface area contributed by atoms with Crippen molar-refractivity contribution in [3.63, 3.8) is 0 Å². The molecule has 3 rings (SSSR count). The van der Waals surface area contributed by atoms with E-state index in [-0.39, 0.29) is 5.56 Å². The van der Waals surface area contributed by atoms with Gasteiger partial charge in [0, 0.05) is 25.2 Å². The van der Waals surface area contributed by atoms with Crippen LogP contribution in [0.1, 0.15) is 28.3 Å². The molecule has 0 aliphatic carbocycles. The lowest BCUT2D eigenvalue weighted by Gasteiger charge is -2.18. The van der Waals surface area contributed by atoms with Gasteiger partial charge in [0.2, 0.25) is 5.95 Å². The van der Waals surface area contributed by atoms with Crippen molar-refractivity contribution in [2.75, 3.05) is 18.5 Å². The molecule has 2 aromatic heterocycles. The van der Waals surface area contributed by atoms with E-state index in [0.29, 0.717) is 12.4 Å². The van der Waals surface area contributed by atoms with Crippen LogP contribution in [-0.4, -0.2) is 28.7 Å². The first kappa shape index (κ1) is 17.9. The molecule has 2 heterocycles. The van der Waals surface area contributed by atoms with Crippen molar-refractivity contribution in [3.05, 3.63) is 75.0 Å². The molecule has 6 nitrogen and oxygen atoms in total. The number of aromatic nitrogens is 3. The van der Waals surface area contributed by atoms with Gasteiger partial charge >= 0.3 is 0 Å². The van der Waals surface area contributed by atoms with Crippen LogP contribution in [0.4, 0.5) is 5.95 Å². The molecule has 0 amide bonds. The van der Waals surface area contributed by atoms with Crippen LogP contribution in [0.15, 0.2) is 45.7 Å². The zero-order valence-corrected chi connectivity index (χ0v) is 15.5. The van der Waals surface area contributed by atoms with Gasteiger partial charge in [-0.3, -0.25) is 9.78 Å². The molecule has 0 saturated heterocycles. The fraction of sp³-hybridized carbons (Fsp3) is 0.350. The summed E-state index contributed by atoms with van der Waals surface area (Å²) >= 11 is 0. The Balaban J connectivity index is 1.67. The van der Waals surface area contributed by atoms with Gasteiger partial charge in [-0.05, 0) is 38.7 Å². The Kier molecular flexibility index (Phi) is 5.51. The highest BCUT2D eigenvalue weighted by atomic mass is 16.5. The maximum absolute atomic E-state index is 12.0. The monoisotopic (exact) mass is 352 g/mol. The highest BCUT2D eigenvalue weighted by Gasteiger charge is 2.11. The van der Waals surface area contributed by atoms with Gasteiger partial charge in [-0.25, -0.2) is 4.98 Å². The molecule has 6 heteroatoms. The van der Waals surface area contributed by atoms with Crippen LogP contribution < -0.4 is 10.5 Å². The Morgan fingerprint density at radius 2 is 1.88 bits per heavy atom. The van der Waals surface area contributed by atoms with Gasteiger partial charge < -0.3 is 9.42 Å². The van der Waals surface area contributed by atoms with Crippen LogP contribution >= 0.6 is 0 Å². The molecule has 1 aromatic carbocycles. The molecule has 0 fully saturated rings. The van der Waals surface area contributed by atoms with E-state index < -0.39 is 0 Å². The lowest BCUT2D eigenvalue weighted by molar-refractivity contribution is 0.392. The largest absolute Gasteiger partial charge is 0.361 e. The average molecular weight is 352 g/mol. The Labute approximate surface area is 152 Å². The fourth-order valence-corrected chi connectivity index (χ4v) is 2.96. The standard InChI is InChI=1S/C20H24N4O2/c1-14-18(15(2)26-23-14)10-9-17-13-19(25)22-20(21-17)24(3)12-11-16-7-5-4-6-8-16/h4-8,13H,9-12H2,1-3H3,(H,21,22,25). The van der Waals surface area contributed by atoms with Gasteiger partial charge in [0.25, 0.3) is 5.56 Å². The number of rotatable bonds is 7. The minimum atomic E-state index is -0.129. The number of hydrogen-bond donors (Lipinski definition) is 1. The van der Waals surface area contributed by atoms with Gasteiger partial charge in [-0.15, -0.1) is 0 Å². The van der Waals surface area contributed by atoms with Crippen LogP contribution in [0.5, 0.6) is 0 Å². The third-order valence-corrected chi connectivity index (χ3v) is 4.53. The molecular weight excluding hydrogens is 328 g/mol. The number of anilines is 1. The summed E-state index contributed by atoms with van der Waals surface area (Å²) in [6.45, 7) is 4.61. The number of aromatic amines is 1. The van der Waals surface area contributed by atoms with Gasteiger partial charge in [0.05, 0.1) is 11.4 Å². The van der Waals surface area contributed by atoms with E-state index in [1.54, 1.807) is 6.07 Å². The molecule has 0 radical (unpaired) electrons. The van der Waals surface area contributed by atoms with E-state index in [0.717, 1.165) is 42.1 Å². The number of nitrogens with one attached hydrogen (secondary N) is 1. The molecule has 0 aliphatic rings. The third kappa shape index (κ3) is 4.39. The molecule has 0 aliphatic heterocycles. The predicted molar refractivity (Wildman–Crippen MR) is 102 cm³/mol. The Morgan fingerprint density at radius 3 is 2.58 bits per heavy atom. The molecule has 0 atom stereocenters. The van der Waals surface area contributed by atoms with E-state index in [1.165, 1.54) is 5.56 Å². The van der Waals surface area contributed by atoms with Crippen molar-refractivity contribution in [1.82, 2.24) is 15.1 Å². The van der Waals surface area contributed by atoms with E-state index in [9.17, 15) is 4.79 Å². The predicted octanol–water partition coefficient (Wildman–Crippen LogP) is 2.84. The van der Waals surface area contributed by atoms with Gasteiger partial charge in [0.1, 0.15) is 5.76 Å². The molecule has 1 N–H and O–H groups in total. The van der Waals surface area contributed by atoms with Gasteiger partial charge in [-0.2, -0.15) is 0 Å². The first-order valence-electron chi connectivity index (χ1n) is 8.80. The van der Waals surface area contributed by atoms with Crippen molar-refractivity contribution in [1.29, 1.82) is 0 Å². The van der Waals surface area contributed by atoms with Gasteiger partial charge in [-0.1, -0.05) is 35.5 Å². The van der Waals surface area contributed by atoms with Crippen LogP contribution in [0, 0.1) is 13.8 Å². The number of benzene rings is 1. The van der Waals surface area contributed by atoms with E-state index in [2.05, 4.69) is 27.3 Å². The SMILES string of the molecule is Cc1noc(C)c1CCc1cc(=O)[nH]c(N(C)CCc2ccccc2)n1. The Bertz CT molecular complexity index is 896. The summed E-state index contributed by atoms with van der Waals surface area (Å²) in [6.07, 6.45) is 2.32. The summed E-state index contributed by atoms with van der Waals surface area (Å²) in [5.74, 6) is 1.43. The normalized spacial score (nSPS) is 10.9. The molecule has 136 valence electrons. The molecule has 0 bridgehead atoms. The first-order chi connectivity index (χ1) is 12.5. The highest BCUT2D eigenvalue weighted by Crippen LogP contribution is 2.15. The van der Waals surface area contributed by atoms with E-state index in [1.807, 2.05) is 44.0 Å². The summed E-state index contributed by atoms with van der Waals surface area (Å²) < 4.78 is 5.20. The zero-order valence-electron chi connectivity index (χ0n) is 15.5. The van der Waals surface area contributed by atoms with Crippen LogP contribution in [0.25, 0.3) is 0 Å². The molecule has 26 heavy (non-hydrogen) atoms. The smallest absolute Gasteiger partial charge is 0.252 e. The van der Waals surface area contributed by atoms with Gasteiger partial charge in [0.15, 0.2) is 0 Å². The van der Waals surface area contributed by atoms with Crippen LogP contribution in [0.2, 0.25) is 0 Å². The van der Waals surface area contributed by atoms with Crippen LogP contribution in [0.3, 0.4) is 0 Å². The summed E-state index contributed by atoms with van der Waals surface area (Å²) in [4.78, 5) is 21.5. The van der Waals surface area contributed by atoms with E-state index >= 15 is 0 Å². The number of likely N-dealkylation sites (N-methyl/N-ethyl adjacent to an activating group) is 1. The average Bonchev–Trinajstić information content (AvgIpc) is 2.96. The maximum Gasteiger partial charge on any atom is 0.252 e. The fourth-order valence-electron chi connectivity index (χ4n) is 2.96. The van der Waals surface area contributed by atoms with Crippen molar-refractivity contribution in [2.45, 2.75) is 33.1 Å². The zero-order chi connectivity index (χ0) is 18.5. The second-order valence-electron chi connectivity index (χ2n) is 6.52. The highest BCUT2D eigenvalue weighted by molar-refractivity contribution is 5.30. The van der Waals surface area contributed by atoms with E-state index in [4.69, 9.17) is 4.52 Å². The summed E-state index contributed by atoms with van der Waals surface area (Å²) in [5, 5.41) is 3.97. The summed E-state index contributed by atoms with van der Waals surface area (Å²) in [7, 11) is 1.94. The van der Waals surface area contributed by atoms with Crippen molar-refractivity contribution in [2.24, 2.45) is 0 Å². The van der Waals surface area contributed by atoms with Crippen molar-refractivity contribution < 1.29 is 4.52 Å². The lowest BCUT2D eigenvalue weighted by Crippen LogP contribution is -2.26. The Hall–Kier alpha value is -2.89. The summed E-state index contributed by atoms with van der Waals surface area (Å²) in [5.41, 5.74) is 3.89. The molecule has 0 unspecified atom stereocenters. The Morgan fingerprint density at radius 1 is 1.12 bits per heavy atom. The second kappa shape index (κ2) is 7.99. The minimum Gasteiger partial charge on any atom is -0.361 e. The quantitative estimate of drug-likeness (QED) is 0.708. The molecular formula is C20H24N4O2. The number of hydrogen-bond acceptors (Lipinski definition) is 5. The molecule has 0 saturated carbocycles. The third-order valence-electron chi connectivity index (χ3n) is 4.53. The number of H-pyrrole nitrogens is 1. The molecule has 0 spiro atoms.